The van der Waals surface area contributed by atoms with Crippen LogP contribution in [0, 0.1) is 11.6 Å². The number of nitrogens with one attached hydrogen (secondary N) is 1. The second-order valence-corrected chi connectivity index (χ2v) is 4.51. The maximum absolute atomic E-state index is 13.9. The molecular formula is C16H20Cl2F2N2O. The van der Waals surface area contributed by atoms with Crippen LogP contribution in [0.25, 0.3) is 11.1 Å². The fourth-order valence-electron chi connectivity index (χ4n) is 1.98. The van der Waals surface area contributed by atoms with Crippen LogP contribution in [0.15, 0.2) is 42.5 Å². The van der Waals surface area contributed by atoms with Crippen LogP contribution in [-0.2, 0) is 0 Å². The maximum Gasteiger partial charge on any atom is 0.131 e. The standard InChI is InChI=1S/C16H18F2N2O.2ClH/c17-12-5-6-16(21-10-9-20-8-7-19)14(11-12)13-3-1-2-4-15(13)18;;/h1-6,11,20H,7-10,19H2;2*1H. The first kappa shape index (κ1) is 21.6. The lowest BCUT2D eigenvalue weighted by Crippen LogP contribution is -2.26. The minimum Gasteiger partial charge on any atom is -0.492 e. The van der Waals surface area contributed by atoms with Crippen LogP contribution in [0.4, 0.5) is 8.78 Å². The summed E-state index contributed by atoms with van der Waals surface area (Å²) in [6, 6.07) is 10.3. The highest BCUT2D eigenvalue weighted by Gasteiger charge is 2.11. The van der Waals surface area contributed by atoms with Crippen molar-refractivity contribution in [2.24, 2.45) is 5.73 Å². The summed E-state index contributed by atoms with van der Waals surface area (Å²) in [5.41, 5.74) is 6.10. The van der Waals surface area contributed by atoms with E-state index in [0.717, 1.165) is 0 Å². The molecule has 2 rings (SSSR count). The van der Waals surface area contributed by atoms with Crippen LogP contribution < -0.4 is 15.8 Å². The van der Waals surface area contributed by atoms with Crippen LogP contribution in [0.5, 0.6) is 5.75 Å². The predicted molar refractivity (Wildman–Crippen MR) is 93.7 cm³/mol. The Hall–Kier alpha value is -1.40. The van der Waals surface area contributed by atoms with E-state index in [9.17, 15) is 8.78 Å². The normalized spacial score (nSPS) is 9.70. The van der Waals surface area contributed by atoms with Crippen LogP contribution in [0.1, 0.15) is 0 Å². The molecule has 0 radical (unpaired) electrons. The van der Waals surface area contributed by atoms with E-state index in [0.29, 0.717) is 43.1 Å². The minimum absolute atomic E-state index is 0. The molecule has 0 spiro atoms. The Morgan fingerprint density at radius 3 is 2.39 bits per heavy atom. The second-order valence-electron chi connectivity index (χ2n) is 4.51. The molecule has 2 aromatic carbocycles. The van der Waals surface area contributed by atoms with E-state index < -0.39 is 11.6 Å². The van der Waals surface area contributed by atoms with Gasteiger partial charge in [-0.15, -0.1) is 24.8 Å². The van der Waals surface area contributed by atoms with E-state index >= 15 is 0 Å². The van der Waals surface area contributed by atoms with E-state index in [-0.39, 0.29) is 24.8 Å². The Bertz CT molecular complexity index is 600. The summed E-state index contributed by atoms with van der Waals surface area (Å²) >= 11 is 0. The Balaban J connectivity index is 0.00000242. The number of benzene rings is 2. The molecule has 0 saturated carbocycles. The highest BCUT2D eigenvalue weighted by molar-refractivity contribution is 5.85. The largest absolute Gasteiger partial charge is 0.492 e. The SMILES string of the molecule is Cl.Cl.NCCNCCOc1ccc(F)cc1-c1ccccc1F. The minimum atomic E-state index is -0.429. The molecule has 0 saturated heterocycles. The third-order valence-corrected chi connectivity index (χ3v) is 2.96. The molecule has 0 aromatic heterocycles. The molecule has 0 atom stereocenters. The van der Waals surface area contributed by atoms with Gasteiger partial charge in [0, 0.05) is 30.8 Å². The molecular weight excluding hydrogens is 345 g/mol. The monoisotopic (exact) mass is 364 g/mol. The van der Waals surface area contributed by atoms with Gasteiger partial charge in [-0.05, 0) is 24.3 Å². The molecule has 128 valence electrons. The summed E-state index contributed by atoms with van der Waals surface area (Å²) in [7, 11) is 0. The summed E-state index contributed by atoms with van der Waals surface area (Å²) in [6.45, 7) is 2.27. The topological polar surface area (TPSA) is 47.3 Å². The molecule has 0 heterocycles. The van der Waals surface area contributed by atoms with Gasteiger partial charge in [-0.1, -0.05) is 18.2 Å². The number of rotatable bonds is 7. The first-order valence-corrected chi connectivity index (χ1v) is 6.80. The van der Waals surface area contributed by atoms with Gasteiger partial charge in [0.05, 0.1) is 0 Å². The fourth-order valence-corrected chi connectivity index (χ4v) is 1.98. The molecule has 2 aromatic rings. The van der Waals surface area contributed by atoms with Crippen molar-refractivity contribution in [2.45, 2.75) is 0 Å². The Kier molecular flexibility index (Phi) is 10.5. The van der Waals surface area contributed by atoms with E-state index in [4.69, 9.17) is 10.5 Å². The zero-order valence-electron chi connectivity index (χ0n) is 12.4. The van der Waals surface area contributed by atoms with Crippen LogP contribution >= 0.6 is 24.8 Å². The number of ether oxygens (including phenoxy) is 1. The van der Waals surface area contributed by atoms with Crippen molar-refractivity contribution in [2.75, 3.05) is 26.2 Å². The molecule has 23 heavy (non-hydrogen) atoms. The summed E-state index contributed by atoms with van der Waals surface area (Å²) in [5, 5.41) is 3.09. The van der Waals surface area contributed by atoms with Crippen molar-refractivity contribution < 1.29 is 13.5 Å². The van der Waals surface area contributed by atoms with Gasteiger partial charge >= 0.3 is 0 Å². The Morgan fingerprint density at radius 2 is 1.70 bits per heavy atom. The number of nitrogens with two attached hydrogens (primary N) is 1. The second kappa shape index (κ2) is 11.2. The summed E-state index contributed by atoms with van der Waals surface area (Å²) in [5.74, 6) is -0.382. The van der Waals surface area contributed by atoms with Gasteiger partial charge in [0.1, 0.15) is 24.0 Å². The molecule has 0 aliphatic carbocycles. The van der Waals surface area contributed by atoms with Gasteiger partial charge in [0.2, 0.25) is 0 Å². The van der Waals surface area contributed by atoms with E-state index in [2.05, 4.69) is 5.32 Å². The highest BCUT2D eigenvalue weighted by Crippen LogP contribution is 2.32. The van der Waals surface area contributed by atoms with Gasteiger partial charge in [0.15, 0.2) is 0 Å². The highest BCUT2D eigenvalue weighted by atomic mass is 35.5. The number of hydrogen-bond donors (Lipinski definition) is 2. The van der Waals surface area contributed by atoms with E-state index in [1.807, 2.05) is 0 Å². The van der Waals surface area contributed by atoms with E-state index in [1.54, 1.807) is 18.2 Å². The maximum atomic E-state index is 13.9. The average molecular weight is 365 g/mol. The van der Waals surface area contributed by atoms with Crippen molar-refractivity contribution in [3.05, 3.63) is 54.1 Å². The molecule has 0 amide bonds. The third-order valence-electron chi connectivity index (χ3n) is 2.96. The van der Waals surface area contributed by atoms with Crippen molar-refractivity contribution >= 4 is 24.8 Å². The molecule has 0 aliphatic heterocycles. The lowest BCUT2D eigenvalue weighted by atomic mass is 10.0. The van der Waals surface area contributed by atoms with Crippen LogP contribution in [-0.4, -0.2) is 26.2 Å². The lowest BCUT2D eigenvalue weighted by Gasteiger charge is -2.13. The smallest absolute Gasteiger partial charge is 0.131 e. The van der Waals surface area contributed by atoms with Gasteiger partial charge in [-0.25, -0.2) is 8.78 Å². The molecule has 0 unspecified atom stereocenters. The molecule has 0 aliphatic rings. The van der Waals surface area contributed by atoms with Crippen molar-refractivity contribution in [3.63, 3.8) is 0 Å². The zero-order chi connectivity index (χ0) is 15.1. The molecule has 3 N–H and O–H groups in total. The molecule has 0 bridgehead atoms. The Morgan fingerprint density at radius 1 is 0.957 bits per heavy atom. The van der Waals surface area contributed by atoms with E-state index in [1.165, 1.54) is 24.3 Å². The van der Waals surface area contributed by atoms with Gasteiger partial charge in [-0.3, -0.25) is 0 Å². The molecule has 0 fully saturated rings. The van der Waals surface area contributed by atoms with Crippen molar-refractivity contribution in [1.82, 2.24) is 5.32 Å². The number of halogens is 4. The summed E-state index contributed by atoms with van der Waals surface area (Å²) < 4.78 is 32.9. The molecule has 7 heteroatoms. The van der Waals surface area contributed by atoms with Gasteiger partial charge < -0.3 is 15.8 Å². The molecule has 3 nitrogen and oxygen atoms in total. The van der Waals surface area contributed by atoms with Gasteiger partial charge in [-0.2, -0.15) is 0 Å². The van der Waals surface area contributed by atoms with Crippen LogP contribution in [0.3, 0.4) is 0 Å². The quantitative estimate of drug-likeness (QED) is 0.740. The predicted octanol–water partition coefficient (Wildman–Crippen LogP) is 3.40. The lowest BCUT2D eigenvalue weighted by molar-refractivity contribution is 0.315. The third kappa shape index (κ3) is 6.31. The average Bonchev–Trinajstić information content (AvgIpc) is 2.49. The van der Waals surface area contributed by atoms with Gasteiger partial charge in [0.25, 0.3) is 0 Å². The van der Waals surface area contributed by atoms with Crippen molar-refractivity contribution in [3.8, 4) is 16.9 Å². The first-order chi connectivity index (χ1) is 10.2. The van der Waals surface area contributed by atoms with Crippen LogP contribution in [0.2, 0.25) is 0 Å². The summed E-state index contributed by atoms with van der Waals surface area (Å²) in [4.78, 5) is 0. The first-order valence-electron chi connectivity index (χ1n) is 6.80. The Labute approximate surface area is 147 Å². The summed E-state index contributed by atoms with van der Waals surface area (Å²) in [6.07, 6.45) is 0. The fraction of sp³-hybridized carbons (Fsp3) is 0.250. The van der Waals surface area contributed by atoms with Crippen molar-refractivity contribution in [1.29, 1.82) is 0 Å². The number of hydrogen-bond acceptors (Lipinski definition) is 3. The zero-order valence-corrected chi connectivity index (χ0v) is 14.1.